The van der Waals surface area contributed by atoms with E-state index in [2.05, 4.69) is 5.10 Å². The largest absolute Gasteiger partial charge is 0.388 e. The van der Waals surface area contributed by atoms with Crippen molar-refractivity contribution in [2.75, 3.05) is 0 Å². The molecule has 1 atom stereocenters. The zero-order chi connectivity index (χ0) is 11.6. The van der Waals surface area contributed by atoms with Gasteiger partial charge < -0.3 is 9.90 Å². The van der Waals surface area contributed by atoms with Crippen molar-refractivity contribution in [3.05, 3.63) is 17.5 Å². The van der Waals surface area contributed by atoms with Crippen molar-refractivity contribution in [1.29, 1.82) is 0 Å². The molecule has 0 fully saturated rings. The topological polar surface area (TPSA) is 55.1 Å². The Kier molecular flexibility index (Phi) is 3.29. The summed E-state index contributed by atoms with van der Waals surface area (Å²) in [6, 6.07) is 0. The number of aliphatic hydroxyl groups is 1. The van der Waals surface area contributed by atoms with Crippen molar-refractivity contribution in [1.82, 2.24) is 9.78 Å². The minimum Gasteiger partial charge on any atom is -0.388 e. The van der Waals surface area contributed by atoms with E-state index in [1.165, 1.54) is 0 Å². The Morgan fingerprint density at radius 1 is 1.60 bits per heavy atom. The number of carbonyl (C=O) groups excluding carboxylic acids is 1. The smallest absolute Gasteiger partial charge is 0.122 e. The van der Waals surface area contributed by atoms with Crippen LogP contribution in [0, 0.1) is 0 Å². The van der Waals surface area contributed by atoms with E-state index in [0.717, 1.165) is 17.5 Å². The molecule has 0 saturated carbocycles. The predicted octanol–water partition coefficient (Wildman–Crippen LogP) is 1.34. The van der Waals surface area contributed by atoms with E-state index in [1.54, 1.807) is 10.9 Å². The molecule has 1 unspecified atom stereocenters. The van der Waals surface area contributed by atoms with Crippen LogP contribution < -0.4 is 0 Å². The first-order valence-corrected chi connectivity index (χ1v) is 5.02. The van der Waals surface area contributed by atoms with E-state index < -0.39 is 6.10 Å². The van der Waals surface area contributed by atoms with Gasteiger partial charge >= 0.3 is 0 Å². The van der Waals surface area contributed by atoms with Gasteiger partial charge in [-0.15, -0.1) is 0 Å². The molecular formula is C11H18N2O2. The fourth-order valence-electron chi connectivity index (χ4n) is 1.55. The Hall–Kier alpha value is -1.16. The molecule has 0 spiro atoms. The van der Waals surface area contributed by atoms with Gasteiger partial charge in [-0.2, -0.15) is 5.10 Å². The van der Waals surface area contributed by atoms with Gasteiger partial charge in [0.1, 0.15) is 6.29 Å². The lowest BCUT2D eigenvalue weighted by atomic mass is 9.88. The van der Waals surface area contributed by atoms with E-state index in [4.69, 9.17) is 0 Å². The van der Waals surface area contributed by atoms with Gasteiger partial charge in [-0.3, -0.25) is 4.68 Å². The van der Waals surface area contributed by atoms with Crippen LogP contribution in [0.25, 0.3) is 0 Å². The Balaban J connectivity index is 3.11. The fraction of sp³-hybridized carbons (Fsp3) is 0.636. The molecule has 1 N–H and O–H groups in total. The molecular weight excluding hydrogens is 192 g/mol. The normalized spacial score (nSPS) is 13.9. The Labute approximate surface area is 89.9 Å². The van der Waals surface area contributed by atoms with Gasteiger partial charge in [-0.05, 0) is 0 Å². The lowest BCUT2D eigenvalue weighted by molar-refractivity contribution is -0.109. The Bertz CT molecular complexity index is 350. The first-order chi connectivity index (χ1) is 6.86. The summed E-state index contributed by atoms with van der Waals surface area (Å²) in [6.45, 7) is 6.10. The average Bonchev–Trinajstić information content (AvgIpc) is 2.47. The van der Waals surface area contributed by atoms with E-state index in [1.807, 2.05) is 27.8 Å². The summed E-state index contributed by atoms with van der Waals surface area (Å²) in [6.07, 6.45) is 1.87. The molecule has 4 heteroatoms. The van der Waals surface area contributed by atoms with Gasteiger partial charge in [0, 0.05) is 30.6 Å². The molecule has 1 aromatic rings. The number of aliphatic hydroxyl groups excluding tert-OH is 1. The molecule has 4 nitrogen and oxygen atoms in total. The monoisotopic (exact) mass is 210 g/mol. The van der Waals surface area contributed by atoms with E-state index >= 15 is 0 Å². The summed E-state index contributed by atoms with van der Waals surface area (Å²) in [5, 5.41) is 14.1. The van der Waals surface area contributed by atoms with Crippen LogP contribution >= 0.6 is 0 Å². The summed E-state index contributed by atoms with van der Waals surface area (Å²) in [5.41, 5.74) is 1.47. The number of aldehydes is 1. The first kappa shape index (κ1) is 11.9. The van der Waals surface area contributed by atoms with Crippen LogP contribution in [0.2, 0.25) is 0 Å². The highest BCUT2D eigenvalue weighted by molar-refractivity contribution is 5.51. The molecule has 1 rings (SSSR count). The van der Waals surface area contributed by atoms with Gasteiger partial charge in [0.15, 0.2) is 0 Å². The van der Waals surface area contributed by atoms with Gasteiger partial charge in [0.25, 0.3) is 0 Å². The molecule has 0 aliphatic carbocycles. The SMILES string of the molecule is Cn1cc(C(O)CC=O)c(C(C)(C)C)n1. The third-order valence-electron chi connectivity index (χ3n) is 2.25. The van der Waals surface area contributed by atoms with Crippen molar-refractivity contribution in [2.24, 2.45) is 7.05 Å². The lowest BCUT2D eigenvalue weighted by Gasteiger charge is -2.19. The molecule has 0 bridgehead atoms. The number of rotatable bonds is 3. The number of nitrogens with zero attached hydrogens (tertiary/aromatic N) is 2. The van der Waals surface area contributed by atoms with Crippen LogP contribution in [0.1, 0.15) is 44.6 Å². The van der Waals surface area contributed by atoms with Crippen LogP contribution in [-0.2, 0) is 17.3 Å². The second-order valence-electron chi connectivity index (χ2n) is 4.77. The molecule has 0 radical (unpaired) electrons. The molecule has 1 aromatic heterocycles. The molecule has 84 valence electrons. The maximum absolute atomic E-state index is 10.4. The summed E-state index contributed by atoms with van der Waals surface area (Å²) in [4.78, 5) is 10.4. The number of aromatic nitrogens is 2. The van der Waals surface area contributed by atoms with Gasteiger partial charge in [-0.1, -0.05) is 20.8 Å². The molecule has 0 aromatic carbocycles. The quantitative estimate of drug-likeness (QED) is 0.766. The van der Waals surface area contributed by atoms with Crippen molar-refractivity contribution in [2.45, 2.75) is 38.7 Å². The maximum Gasteiger partial charge on any atom is 0.122 e. The van der Waals surface area contributed by atoms with E-state index in [-0.39, 0.29) is 11.8 Å². The maximum atomic E-state index is 10.4. The van der Waals surface area contributed by atoms with Crippen LogP contribution in [0.15, 0.2) is 6.20 Å². The minimum atomic E-state index is -0.745. The predicted molar refractivity (Wildman–Crippen MR) is 57.5 cm³/mol. The fourth-order valence-corrected chi connectivity index (χ4v) is 1.55. The molecule has 0 saturated heterocycles. The summed E-state index contributed by atoms with van der Waals surface area (Å²) >= 11 is 0. The highest BCUT2D eigenvalue weighted by Crippen LogP contribution is 2.29. The number of hydrogen-bond donors (Lipinski definition) is 1. The number of hydrogen-bond acceptors (Lipinski definition) is 3. The molecule has 15 heavy (non-hydrogen) atoms. The zero-order valence-corrected chi connectivity index (χ0v) is 9.69. The van der Waals surface area contributed by atoms with Crippen molar-refractivity contribution in [3.63, 3.8) is 0 Å². The highest BCUT2D eigenvalue weighted by atomic mass is 16.3. The Morgan fingerprint density at radius 2 is 2.20 bits per heavy atom. The number of aryl methyl sites for hydroxylation is 1. The molecule has 0 aliphatic rings. The van der Waals surface area contributed by atoms with E-state index in [0.29, 0.717) is 0 Å². The summed E-state index contributed by atoms with van der Waals surface area (Å²) in [7, 11) is 1.81. The van der Waals surface area contributed by atoms with E-state index in [9.17, 15) is 9.90 Å². The van der Waals surface area contributed by atoms with Gasteiger partial charge in [0.2, 0.25) is 0 Å². The number of carbonyl (C=O) groups is 1. The molecule has 1 heterocycles. The molecule has 0 amide bonds. The summed E-state index contributed by atoms with van der Waals surface area (Å²) < 4.78 is 1.67. The van der Waals surface area contributed by atoms with Crippen molar-refractivity contribution < 1.29 is 9.90 Å². The second-order valence-corrected chi connectivity index (χ2v) is 4.77. The van der Waals surface area contributed by atoms with Crippen LogP contribution in [-0.4, -0.2) is 21.2 Å². The lowest BCUT2D eigenvalue weighted by Crippen LogP contribution is -2.16. The van der Waals surface area contributed by atoms with Crippen LogP contribution in [0.4, 0.5) is 0 Å². The third-order valence-corrected chi connectivity index (χ3v) is 2.25. The van der Waals surface area contributed by atoms with Crippen molar-refractivity contribution >= 4 is 6.29 Å². The Morgan fingerprint density at radius 3 is 2.67 bits per heavy atom. The third kappa shape index (κ3) is 2.65. The van der Waals surface area contributed by atoms with Crippen molar-refractivity contribution in [3.8, 4) is 0 Å². The zero-order valence-electron chi connectivity index (χ0n) is 9.69. The minimum absolute atomic E-state index is 0.120. The average molecular weight is 210 g/mol. The van der Waals surface area contributed by atoms with Crippen LogP contribution in [0.3, 0.4) is 0 Å². The second kappa shape index (κ2) is 4.14. The van der Waals surface area contributed by atoms with Gasteiger partial charge in [-0.25, -0.2) is 0 Å². The molecule has 0 aliphatic heterocycles. The first-order valence-electron chi connectivity index (χ1n) is 5.02. The van der Waals surface area contributed by atoms with Gasteiger partial charge in [0.05, 0.1) is 11.8 Å². The van der Waals surface area contributed by atoms with Crippen LogP contribution in [0.5, 0.6) is 0 Å². The standard InChI is InChI=1S/C11H18N2O2/c1-11(2,3)10-8(7-13(4)12-10)9(15)5-6-14/h6-7,9,15H,5H2,1-4H3. The highest BCUT2D eigenvalue weighted by Gasteiger charge is 2.25. The summed E-state index contributed by atoms with van der Waals surface area (Å²) in [5.74, 6) is 0.